The molecular weight excluding hydrogens is 390 g/mol. The van der Waals surface area contributed by atoms with Gasteiger partial charge in [0.2, 0.25) is 5.91 Å². The fraction of sp³-hybridized carbons (Fsp3) is 0.591. The summed E-state index contributed by atoms with van der Waals surface area (Å²) in [6.45, 7) is 8.87. The lowest BCUT2D eigenvalue weighted by Gasteiger charge is -2.39. The van der Waals surface area contributed by atoms with Crippen molar-refractivity contribution in [2.45, 2.75) is 58.5 Å². The molecule has 2 saturated heterocycles. The van der Waals surface area contributed by atoms with Crippen LogP contribution >= 0.6 is 11.6 Å². The molecule has 1 N–H and O–H groups in total. The zero-order chi connectivity index (χ0) is 21.2. The standard InChI is InChI=1S/C22H28ClN3O3/c1-20(2)9-16-10-21(3,12-20)13-26(16)17(27)11-25-18(28)22(4,24-19(25)29)14-5-7-15(23)8-6-14/h5-8,16H,9-13H2,1-4H3,(H,24,29)/t16-,21+,22+/m1/s1. The molecule has 4 amide bonds. The second-order valence-electron chi connectivity index (χ2n) is 10.2. The Labute approximate surface area is 176 Å². The van der Waals surface area contributed by atoms with Gasteiger partial charge < -0.3 is 10.2 Å². The van der Waals surface area contributed by atoms with Crippen molar-refractivity contribution < 1.29 is 14.4 Å². The quantitative estimate of drug-likeness (QED) is 0.765. The minimum absolute atomic E-state index is 0.108. The number of benzene rings is 1. The Morgan fingerprint density at radius 1 is 1.14 bits per heavy atom. The molecule has 6 nitrogen and oxygen atoms in total. The fourth-order valence-electron chi connectivity index (χ4n) is 5.80. The predicted molar refractivity (Wildman–Crippen MR) is 110 cm³/mol. The highest BCUT2D eigenvalue weighted by atomic mass is 35.5. The van der Waals surface area contributed by atoms with E-state index in [4.69, 9.17) is 11.6 Å². The summed E-state index contributed by atoms with van der Waals surface area (Å²) in [4.78, 5) is 41.7. The lowest BCUT2D eigenvalue weighted by atomic mass is 9.65. The minimum atomic E-state index is -1.20. The van der Waals surface area contributed by atoms with Crippen LogP contribution in [0.4, 0.5) is 4.79 Å². The fourth-order valence-corrected chi connectivity index (χ4v) is 5.92. The summed E-state index contributed by atoms with van der Waals surface area (Å²) in [5, 5.41) is 3.31. The molecule has 4 rings (SSSR count). The largest absolute Gasteiger partial charge is 0.338 e. The van der Waals surface area contributed by atoms with Crippen LogP contribution < -0.4 is 5.32 Å². The van der Waals surface area contributed by atoms with Gasteiger partial charge in [-0.15, -0.1) is 0 Å². The number of urea groups is 1. The summed E-state index contributed by atoms with van der Waals surface area (Å²) in [6, 6.07) is 6.45. The first-order valence-electron chi connectivity index (χ1n) is 10.1. The topological polar surface area (TPSA) is 69.7 Å². The molecule has 0 spiro atoms. The maximum absolute atomic E-state index is 13.1. The van der Waals surface area contributed by atoms with E-state index >= 15 is 0 Å². The molecule has 3 atom stereocenters. The molecule has 2 aliphatic heterocycles. The second kappa shape index (κ2) is 6.46. The number of nitrogens with zero attached hydrogens (tertiary/aromatic N) is 2. The van der Waals surface area contributed by atoms with Gasteiger partial charge >= 0.3 is 6.03 Å². The van der Waals surface area contributed by atoms with Crippen molar-refractivity contribution in [2.75, 3.05) is 13.1 Å². The van der Waals surface area contributed by atoms with Gasteiger partial charge in [-0.05, 0) is 54.7 Å². The van der Waals surface area contributed by atoms with Crippen LogP contribution in [0, 0.1) is 10.8 Å². The summed E-state index contributed by atoms with van der Waals surface area (Å²) in [6.07, 6.45) is 3.03. The third-order valence-electron chi connectivity index (χ3n) is 6.73. The van der Waals surface area contributed by atoms with Crippen LogP contribution in [0.2, 0.25) is 5.02 Å². The van der Waals surface area contributed by atoms with Gasteiger partial charge in [-0.25, -0.2) is 4.79 Å². The van der Waals surface area contributed by atoms with Crippen LogP contribution in [0.15, 0.2) is 24.3 Å². The molecule has 29 heavy (non-hydrogen) atoms. The Bertz CT molecular complexity index is 884. The summed E-state index contributed by atoms with van der Waals surface area (Å²) in [5.41, 5.74) is -0.254. The Morgan fingerprint density at radius 3 is 2.45 bits per heavy atom. The van der Waals surface area contributed by atoms with E-state index < -0.39 is 17.5 Å². The monoisotopic (exact) mass is 417 g/mol. The average molecular weight is 418 g/mol. The van der Waals surface area contributed by atoms with Crippen molar-refractivity contribution in [1.82, 2.24) is 15.1 Å². The predicted octanol–water partition coefficient (Wildman–Crippen LogP) is 3.53. The Kier molecular flexibility index (Phi) is 4.50. The van der Waals surface area contributed by atoms with E-state index in [0.717, 1.165) is 24.2 Å². The smallest absolute Gasteiger partial charge is 0.325 e. The number of hydrogen-bond donors (Lipinski definition) is 1. The van der Waals surface area contributed by atoms with Gasteiger partial charge in [-0.3, -0.25) is 14.5 Å². The molecule has 7 heteroatoms. The highest BCUT2D eigenvalue weighted by molar-refractivity contribution is 6.30. The van der Waals surface area contributed by atoms with Gasteiger partial charge in [0.05, 0.1) is 0 Å². The first-order valence-corrected chi connectivity index (χ1v) is 10.5. The Balaban J connectivity index is 1.51. The number of rotatable bonds is 3. The average Bonchev–Trinajstić information content (AvgIpc) is 2.99. The van der Waals surface area contributed by atoms with Crippen molar-refractivity contribution in [3.05, 3.63) is 34.9 Å². The zero-order valence-electron chi connectivity index (χ0n) is 17.4. The number of likely N-dealkylation sites (tertiary alicyclic amines) is 1. The highest BCUT2D eigenvalue weighted by Gasteiger charge is 2.53. The van der Waals surface area contributed by atoms with Gasteiger partial charge in [0.25, 0.3) is 5.91 Å². The maximum atomic E-state index is 13.1. The van der Waals surface area contributed by atoms with Crippen LogP contribution in [0.5, 0.6) is 0 Å². The van der Waals surface area contributed by atoms with Crippen LogP contribution in [0.1, 0.15) is 52.5 Å². The molecule has 0 unspecified atom stereocenters. The molecule has 1 aromatic rings. The summed E-state index contributed by atoms with van der Waals surface area (Å²) < 4.78 is 0. The summed E-state index contributed by atoms with van der Waals surface area (Å²) in [7, 11) is 0. The molecule has 3 fully saturated rings. The van der Waals surface area contributed by atoms with Crippen molar-refractivity contribution in [3.63, 3.8) is 0 Å². The minimum Gasteiger partial charge on any atom is -0.338 e. The number of nitrogens with one attached hydrogen (secondary N) is 1. The van der Waals surface area contributed by atoms with Gasteiger partial charge in [0.1, 0.15) is 12.1 Å². The van der Waals surface area contributed by atoms with E-state index in [1.807, 2.05) is 4.90 Å². The van der Waals surface area contributed by atoms with Crippen LogP contribution in [-0.2, 0) is 15.1 Å². The molecule has 156 valence electrons. The molecule has 1 aromatic carbocycles. The van der Waals surface area contributed by atoms with Crippen molar-refractivity contribution in [2.24, 2.45) is 10.8 Å². The number of halogens is 1. The summed E-state index contributed by atoms with van der Waals surface area (Å²) in [5.74, 6) is -0.563. The van der Waals surface area contributed by atoms with Gasteiger partial charge in [-0.1, -0.05) is 44.5 Å². The second-order valence-corrected chi connectivity index (χ2v) is 10.6. The molecular formula is C22H28ClN3O3. The Morgan fingerprint density at radius 2 is 1.79 bits per heavy atom. The zero-order valence-corrected chi connectivity index (χ0v) is 18.2. The van der Waals surface area contributed by atoms with E-state index in [9.17, 15) is 14.4 Å². The normalized spacial score (nSPS) is 33.2. The van der Waals surface area contributed by atoms with Crippen LogP contribution in [0.25, 0.3) is 0 Å². The first-order chi connectivity index (χ1) is 13.4. The summed E-state index contributed by atoms with van der Waals surface area (Å²) >= 11 is 5.94. The van der Waals surface area contributed by atoms with Crippen molar-refractivity contribution in [1.29, 1.82) is 0 Å². The molecule has 2 heterocycles. The Hall–Kier alpha value is -2.08. The lowest BCUT2D eigenvalue weighted by molar-refractivity contribution is -0.139. The molecule has 1 aliphatic carbocycles. The lowest BCUT2D eigenvalue weighted by Crippen LogP contribution is -2.46. The van der Waals surface area contributed by atoms with E-state index in [1.165, 1.54) is 0 Å². The van der Waals surface area contributed by atoms with E-state index in [2.05, 4.69) is 26.1 Å². The van der Waals surface area contributed by atoms with Gasteiger partial charge in [-0.2, -0.15) is 0 Å². The number of hydrogen-bond acceptors (Lipinski definition) is 3. The van der Waals surface area contributed by atoms with Crippen molar-refractivity contribution in [3.8, 4) is 0 Å². The van der Waals surface area contributed by atoms with E-state index in [-0.39, 0.29) is 29.3 Å². The van der Waals surface area contributed by atoms with Gasteiger partial charge in [0, 0.05) is 17.6 Å². The SMILES string of the molecule is CC1(C)C[C@@H]2C[C@](C)(CN2C(=O)CN2C(=O)N[C@@](C)(c3ccc(Cl)cc3)C2=O)C1. The molecule has 1 saturated carbocycles. The van der Waals surface area contributed by atoms with Crippen molar-refractivity contribution >= 4 is 29.4 Å². The first kappa shape index (κ1) is 20.2. The number of fused-ring (bicyclic) bond motifs is 2. The molecule has 0 aromatic heterocycles. The van der Waals surface area contributed by atoms with Gasteiger partial charge in [0.15, 0.2) is 0 Å². The molecule has 0 radical (unpaired) electrons. The third kappa shape index (κ3) is 3.41. The number of carbonyl (C=O) groups is 3. The van der Waals surface area contributed by atoms with E-state index in [1.54, 1.807) is 31.2 Å². The molecule has 2 bridgehead atoms. The van der Waals surface area contributed by atoms with Crippen LogP contribution in [-0.4, -0.2) is 46.8 Å². The van der Waals surface area contributed by atoms with Crippen LogP contribution in [0.3, 0.4) is 0 Å². The highest BCUT2D eigenvalue weighted by Crippen LogP contribution is 2.52. The molecule has 3 aliphatic rings. The maximum Gasteiger partial charge on any atom is 0.325 e. The third-order valence-corrected chi connectivity index (χ3v) is 6.98. The number of carbonyl (C=O) groups excluding carboxylic acids is 3. The number of imide groups is 1. The number of amides is 4. The van der Waals surface area contributed by atoms with E-state index in [0.29, 0.717) is 17.1 Å².